The third-order valence-corrected chi connectivity index (χ3v) is 3.23. The van der Waals surface area contributed by atoms with Gasteiger partial charge in [0.05, 0.1) is 0 Å². The summed E-state index contributed by atoms with van der Waals surface area (Å²) in [6.45, 7) is 0. The molecule has 0 saturated heterocycles. The summed E-state index contributed by atoms with van der Waals surface area (Å²) in [4.78, 5) is 0. The second-order valence-corrected chi connectivity index (χ2v) is 4.40. The first kappa shape index (κ1) is 9.80. The van der Waals surface area contributed by atoms with Crippen LogP contribution in [-0.2, 0) is 0 Å². The van der Waals surface area contributed by atoms with Crippen LogP contribution in [0.5, 0.6) is 0 Å². The summed E-state index contributed by atoms with van der Waals surface area (Å²) in [6.07, 6.45) is 16.7. The van der Waals surface area contributed by atoms with Gasteiger partial charge in [-0.3, -0.25) is 0 Å². The molecular weight excluding hydrogens is 168 g/mol. The van der Waals surface area contributed by atoms with E-state index >= 15 is 0 Å². The molecule has 0 radical (unpaired) electrons. The van der Waals surface area contributed by atoms with E-state index in [0.717, 1.165) is 0 Å². The maximum absolute atomic E-state index is 3.50. The van der Waals surface area contributed by atoms with Crippen molar-refractivity contribution in [2.75, 3.05) is 0 Å². The van der Waals surface area contributed by atoms with Crippen LogP contribution in [0.25, 0.3) is 0 Å². The first-order chi connectivity index (χ1) is 6.97. The lowest BCUT2D eigenvalue weighted by Crippen LogP contribution is -1.88. The highest BCUT2D eigenvalue weighted by Crippen LogP contribution is 2.27. The van der Waals surface area contributed by atoms with Crippen molar-refractivity contribution in [3.63, 3.8) is 0 Å². The van der Waals surface area contributed by atoms with Gasteiger partial charge >= 0.3 is 0 Å². The molecule has 2 aliphatic rings. The highest BCUT2D eigenvalue weighted by molar-refractivity contribution is 5.31. The summed E-state index contributed by atoms with van der Waals surface area (Å²) in [6, 6.07) is 0. The predicted octanol–water partition coefficient (Wildman–Crippen LogP) is 4.53. The Morgan fingerprint density at radius 1 is 0.857 bits per heavy atom. The molecule has 0 spiro atoms. The summed E-state index contributed by atoms with van der Waals surface area (Å²) in [5.41, 5.74) is 6.63. The smallest absolute Gasteiger partial charge is 0.00349 e. The molecule has 0 aromatic heterocycles. The Balaban J connectivity index is 2.11. The van der Waals surface area contributed by atoms with Gasteiger partial charge in [-0.25, -0.2) is 0 Å². The molecule has 0 fully saturated rings. The topological polar surface area (TPSA) is 0 Å². The molecular formula is C14H20. The molecule has 2 aliphatic carbocycles. The molecule has 0 heteroatoms. The summed E-state index contributed by atoms with van der Waals surface area (Å²) >= 11 is 0. The molecule has 0 bridgehead atoms. The Morgan fingerprint density at radius 3 is 2.71 bits per heavy atom. The van der Waals surface area contributed by atoms with Crippen molar-refractivity contribution in [1.29, 1.82) is 0 Å². The zero-order chi connectivity index (χ0) is 9.64. The Labute approximate surface area is 87.4 Å². The number of hydrogen-bond acceptors (Lipinski definition) is 0. The molecule has 0 aromatic carbocycles. The normalized spacial score (nSPS) is 23.4. The van der Waals surface area contributed by atoms with E-state index in [2.05, 4.69) is 17.9 Å². The zero-order valence-corrected chi connectivity index (χ0v) is 9.02. The van der Waals surface area contributed by atoms with Crippen molar-refractivity contribution in [2.45, 2.75) is 57.8 Å². The van der Waals surface area contributed by atoms with E-state index in [-0.39, 0.29) is 0 Å². The van der Waals surface area contributed by atoms with Crippen LogP contribution >= 0.6 is 0 Å². The molecule has 0 aromatic rings. The highest BCUT2D eigenvalue weighted by atomic mass is 14.1. The SMILES string of the molecule is C1=CCCCCC=1C1=CCCCCC1. The van der Waals surface area contributed by atoms with E-state index in [1.165, 1.54) is 63.4 Å². The van der Waals surface area contributed by atoms with E-state index in [4.69, 9.17) is 0 Å². The number of rotatable bonds is 1. The van der Waals surface area contributed by atoms with Gasteiger partial charge in [0.15, 0.2) is 0 Å². The van der Waals surface area contributed by atoms with E-state index in [1.807, 2.05) is 0 Å². The van der Waals surface area contributed by atoms with Crippen LogP contribution in [0.15, 0.2) is 29.0 Å². The summed E-state index contributed by atoms with van der Waals surface area (Å²) in [7, 11) is 0. The first-order valence-electron chi connectivity index (χ1n) is 6.10. The summed E-state index contributed by atoms with van der Waals surface area (Å²) in [5.74, 6) is 0. The monoisotopic (exact) mass is 188 g/mol. The largest absolute Gasteiger partial charge is 0.121 e. The fourth-order valence-electron chi connectivity index (χ4n) is 2.36. The molecule has 0 saturated carbocycles. The minimum absolute atomic E-state index is 1.23. The van der Waals surface area contributed by atoms with Gasteiger partial charge in [0.1, 0.15) is 0 Å². The average Bonchev–Trinajstić information content (AvgIpc) is 2.62. The van der Waals surface area contributed by atoms with E-state index < -0.39 is 0 Å². The van der Waals surface area contributed by atoms with Crippen LogP contribution in [0.3, 0.4) is 0 Å². The third kappa shape index (κ3) is 2.62. The van der Waals surface area contributed by atoms with E-state index in [0.29, 0.717) is 0 Å². The van der Waals surface area contributed by atoms with Gasteiger partial charge in [-0.2, -0.15) is 0 Å². The molecule has 14 heavy (non-hydrogen) atoms. The molecule has 0 atom stereocenters. The second-order valence-electron chi connectivity index (χ2n) is 4.40. The van der Waals surface area contributed by atoms with Crippen molar-refractivity contribution < 1.29 is 0 Å². The predicted molar refractivity (Wildman–Crippen MR) is 61.2 cm³/mol. The quantitative estimate of drug-likeness (QED) is 0.530. The minimum atomic E-state index is 1.23. The lowest BCUT2D eigenvalue weighted by Gasteiger charge is -2.06. The fraction of sp³-hybridized carbons (Fsp3) is 0.643. The Hall–Kier alpha value is -0.740. The maximum Gasteiger partial charge on any atom is -0.00349 e. The number of allylic oxidation sites excluding steroid dienone is 3. The van der Waals surface area contributed by atoms with Gasteiger partial charge in [0.2, 0.25) is 0 Å². The van der Waals surface area contributed by atoms with Gasteiger partial charge in [0, 0.05) is 0 Å². The van der Waals surface area contributed by atoms with E-state index in [9.17, 15) is 0 Å². The molecule has 0 heterocycles. The second kappa shape index (κ2) is 5.22. The van der Waals surface area contributed by atoms with Crippen molar-refractivity contribution >= 4 is 0 Å². The van der Waals surface area contributed by atoms with Gasteiger partial charge in [0.25, 0.3) is 0 Å². The minimum Gasteiger partial charge on any atom is -0.121 e. The molecule has 2 rings (SSSR count). The van der Waals surface area contributed by atoms with Crippen LogP contribution in [0.4, 0.5) is 0 Å². The van der Waals surface area contributed by atoms with Crippen molar-refractivity contribution in [2.24, 2.45) is 0 Å². The van der Waals surface area contributed by atoms with Crippen LogP contribution < -0.4 is 0 Å². The van der Waals surface area contributed by atoms with Gasteiger partial charge < -0.3 is 0 Å². The number of hydrogen-bond donors (Lipinski definition) is 0. The van der Waals surface area contributed by atoms with Crippen molar-refractivity contribution in [1.82, 2.24) is 0 Å². The van der Waals surface area contributed by atoms with Gasteiger partial charge in [-0.05, 0) is 68.6 Å². The molecule has 0 unspecified atom stereocenters. The van der Waals surface area contributed by atoms with Crippen LogP contribution in [0.1, 0.15) is 57.8 Å². The summed E-state index contributed by atoms with van der Waals surface area (Å²) in [5, 5.41) is 0. The van der Waals surface area contributed by atoms with Crippen LogP contribution in [-0.4, -0.2) is 0 Å². The average molecular weight is 188 g/mol. The molecule has 0 amide bonds. The van der Waals surface area contributed by atoms with Crippen molar-refractivity contribution in [3.05, 3.63) is 29.0 Å². The zero-order valence-electron chi connectivity index (χ0n) is 9.02. The third-order valence-electron chi connectivity index (χ3n) is 3.23. The lowest BCUT2D eigenvalue weighted by atomic mass is 9.98. The van der Waals surface area contributed by atoms with Crippen LogP contribution in [0.2, 0.25) is 0 Å². The standard InChI is InChI=1S/C14H20/c1-2-6-10-13(9-5-1)14-11-7-3-4-8-12-14/h5,11H,1-4,6-8,10,12H2. The fourth-order valence-corrected chi connectivity index (χ4v) is 2.36. The maximum atomic E-state index is 3.50. The molecule has 76 valence electrons. The molecule has 0 nitrogen and oxygen atoms in total. The van der Waals surface area contributed by atoms with Crippen LogP contribution in [0, 0.1) is 0 Å². The Bertz CT molecular complexity index is 274. The molecule has 0 N–H and O–H groups in total. The van der Waals surface area contributed by atoms with E-state index in [1.54, 1.807) is 5.57 Å². The van der Waals surface area contributed by atoms with Gasteiger partial charge in [-0.15, -0.1) is 5.73 Å². The lowest BCUT2D eigenvalue weighted by molar-refractivity contribution is 0.706. The summed E-state index contributed by atoms with van der Waals surface area (Å²) < 4.78 is 0. The first-order valence-corrected chi connectivity index (χ1v) is 6.10. The van der Waals surface area contributed by atoms with Gasteiger partial charge in [-0.1, -0.05) is 12.5 Å². The molecule has 0 aliphatic heterocycles. The van der Waals surface area contributed by atoms with Crippen molar-refractivity contribution in [3.8, 4) is 0 Å². The Morgan fingerprint density at radius 2 is 1.71 bits per heavy atom. The highest BCUT2D eigenvalue weighted by Gasteiger charge is 2.08. The Kier molecular flexibility index (Phi) is 3.65.